The maximum absolute atomic E-state index is 13.2. The van der Waals surface area contributed by atoms with Gasteiger partial charge in [-0.2, -0.15) is 13.2 Å². The lowest BCUT2D eigenvalue weighted by atomic mass is 10.1. The largest absolute Gasteiger partial charge is 0.465 e. The summed E-state index contributed by atoms with van der Waals surface area (Å²) in [7, 11) is 0. The number of thiazole rings is 1. The Balaban J connectivity index is 1.54. The van der Waals surface area contributed by atoms with Crippen molar-refractivity contribution in [2.24, 2.45) is 5.92 Å². The molecule has 0 saturated heterocycles. The number of esters is 1. The highest BCUT2D eigenvalue weighted by molar-refractivity contribution is 8.01. The molecule has 32 heavy (non-hydrogen) atoms. The highest BCUT2D eigenvalue weighted by Crippen LogP contribution is 2.36. The molecule has 0 spiro atoms. The van der Waals surface area contributed by atoms with Gasteiger partial charge in [-0.05, 0) is 37.8 Å². The summed E-state index contributed by atoms with van der Waals surface area (Å²) < 4.78 is 47.0. The van der Waals surface area contributed by atoms with E-state index in [0.29, 0.717) is 40.7 Å². The molecule has 2 aromatic heterocycles. The van der Waals surface area contributed by atoms with Crippen LogP contribution in [0.4, 0.5) is 18.3 Å². The fraction of sp³-hybridized carbons (Fsp3) is 0.381. The molecule has 1 saturated carbocycles. The molecule has 1 N–H and O–H groups in total. The third-order valence-corrected chi connectivity index (χ3v) is 7.03. The first kappa shape index (κ1) is 22.7. The number of fused-ring (bicyclic) bond motifs is 1. The van der Waals surface area contributed by atoms with E-state index in [0.717, 1.165) is 29.2 Å². The van der Waals surface area contributed by atoms with E-state index in [1.807, 2.05) is 0 Å². The number of benzene rings is 1. The van der Waals surface area contributed by atoms with Crippen LogP contribution < -0.4 is 5.32 Å². The van der Waals surface area contributed by atoms with Crippen LogP contribution in [0.2, 0.25) is 0 Å². The number of nitrogens with zero attached hydrogens (tertiary/aromatic N) is 2. The smallest absolute Gasteiger partial charge is 0.416 e. The second-order valence-corrected chi connectivity index (χ2v) is 9.71. The van der Waals surface area contributed by atoms with Crippen molar-refractivity contribution < 1.29 is 27.5 Å². The van der Waals surface area contributed by atoms with Crippen molar-refractivity contribution in [3.8, 4) is 0 Å². The fourth-order valence-corrected chi connectivity index (χ4v) is 4.92. The second-order valence-electron chi connectivity index (χ2n) is 7.40. The van der Waals surface area contributed by atoms with Gasteiger partial charge in [0.05, 0.1) is 33.9 Å². The molecule has 4 rings (SSSR count). The lowest BCUT2D eigenvalue weighted by Gasteiger charge is -2.08. The average molecular weight is 484 g/mol. The SMILES string of the molecule is CCOC(=O)CSc1cnc(NC(=O)c2cn(CC3CC3)c3cc(C(F)(F)F)ccc23)s1. The van der Waals surface area contributed by atoms with Crippen LogP contribution in [0.5, 0.6) is 0 Å². The number of amides is 1. The summed E-state index contributed by atoms with van der Waals surface area (Å²) in [6.07, 6.45) is 0.777. The summed E-state index contributed by atoms with van der Waals surface area (Å²) in [5.41, 5.74) is -0.0534. The third-order valence-electron chi connectivity index (χ3n) is 4.95. The number of carbonyl (C=O) groups is 2. The van der Waals surface area contributed by atoms with Crippen molar-refractivity contribution in [3.63, 3.8) is 0 Å². The highest BCUT2D eigenvalue weighted by atomic mass is 32.2. The van der Waals surface area contributed by atoms with Crippen molar-refractivity contribution in [1.29, 1.82) is 0 Å². The minimum absolute atomic E-state index is 0.139. The molecule has 0 aliphatic heterocycles. The van der Waals surface area contributed by atoms with Crippen LogP contribution in [0.25, 0.3) is 10.9 Å². The van der Waals surface area contributed by atoms with Gasteiger partial charge in [-0.25, -0.2) is 4.98 Å². The summed E-state index contributed by atoms with van der Waals surface area (Å²) in [4.78, 5) is 28.6. The Morgan fingerprint density at radius 2 is 2.12 bits per heavy atom. The molecule has 1 aromatic carbocycles. The van der Waals surface area contributed by atoms with Gasteiger partial charge in [0.15, 0.2) is 5.13 Å². The molecule has 6 nitrogen and oxygen atoms in total. The Labute approximate surface area is 190 Å². The molecule has 0 atom stereocenters. The first-order valence-electron chi connectivity index (χ1n) is 10.00. The van der Waals surface area contributed by atoms with Gasteiger partial charge in [-0.3, -0.25) is 14.9 Å². The lowest BCUT2D eigenvalue weighted by molar-refractivity contribution is -0.140. The number of carbonyl (C=O) groups excluding carboxylic acids is 2. The normalized spacial score (nSPS) is 14.0. The van der Waals surface area contributed by atoms with Gasteiger partial charge < -0.3 is 9.30 Å². The minimum Gasteiger partial charge on any atom is -0.465 e. The fourth-order valence-electron chi connectivity index (χ4n) is 3.26. The van der Waals surface area contributed by atoms with Crippen molar-refractivity contribution >= 4 is 51.0 Å². The monoisotopic (exact) mass is 483 g/mol. The molecule has 3 aromatic rings. The molecular formula is C21H20F3N3O3S2. The van der Waals surface area contributed by atoms with Crippen LogP contribution in [-0.4, -0.2) is 33.8 Å². The van der Waals surface area contributed by atoms with E-state index in [1.165, 1.54) is 29.2 Å². The number of aromatic nitrogens is 2. The molecular weight excluding hydrogens is 463 g/mol. The molecule has 170 valence electrons. The van der Waals surface area contributed by atoms with Crippen molar-refractivity contribution in [3.05, 3.63) is 41.7 Å². The molecule has 11 heteroatoms. The molecule has 1 amide bonds. The number of hydrogen-bond acceptors (Lipinski definition) is 6. The van der Waals surface area contributed by atoms with Crippen molar-refractivity contribution in [1.82, 2.24) is 9.55 Å². The van der Waals surface area contributed by atoms with Gasteiger partial charge in [-0.1, -0.05) is 17.4 Å². The van der Waals surface area contributed by atoms with E-state index < -0.39 is 17.6 Å². The van der Waals surface area contributed by atoms with E-state index in [-0.39, 0.29) is 11.7 Å². The Kier molecular flexibility index (Phi) is 6.47. The number of alkyl halides is 3. The Hall–Kier alpha value is -2.53. The Morgan fingerprint density at radius 1 is 1.34 bits per heavy atom. The lowest BCUT2D eigenvalue weighted by Crippen LogP contribution is -2.11. The molecule has 0 radical (unpaired) electrons. The minimum atomic E-state index is -4.45. The number of halogens is 3. The summed E-state index contributed by atoms with van der Waals surface area (Å²) in [6, 6.07) is 3.44. The van der Waals surface area contributed by atoms with Gasteiger partial charge in [0, 0.05) is 23.6 Å². The molecule has 0 bridgehead atoms. The topological polar surface area (TPSA) is 73.2 Å². The van der Waals surface area contributed by atoms with E-state index in [2.05, 4.69) is 10.3 Å². The van der Waals surface area contributed by atoms with Gasteiger partial charge in [-0.15, -0.1) is 11.8 Å². The second kappa shape index (κ2) is 9.14. The third kappa shape index (κ3) is 5.26. The van der Waals surface area contributed by atoms with E-state index in [9.17, 15) is 22.8 Å². The summed E-state index contributed by atoms with van der Waals surface area (Å²) in [5, 5.41) is 3.52. The quantitative estimate of drug-likeness (QED) is 0.342. The van der Waals surface area contributed by atoms with Crippen LogP contribution in [0.15, 0.2) is 34.8 Å². The summed E-state index contributed by atoms with van der Waals surface area (Å²) in [5.74, 6) is -0.215. The molecule has 2 heterocycles. The Bertz CT molecular complexity index is 1150. The van der Waals surface area contributed by atoms with Crippen LogP contribution >= 0.6 is 23.1 Å². The zero-order valence-corrected chi connectivity index (χ0v) is 18.7. The van der Waals surface area contributed by atoms with Crippen LogP contribution in [0, 0.1) is 5.92 Å². The number of hydrogen-bond donors (Lipinski definition) is 1. The molecule has 1 aliphatic rings. The number of rotatable bonds is 8. The molecule has 0 unspecified atom stereocenters. The zero-order valence-electron chi connectivity index (χ0n) is 17.1. The summed E-state index contributed by atoms with van der Waals surface area (Å²) in [6.45, 7) is 2.62. The number of thioether (sulfide) groups is 1. The van der Waals surface area contributed by atoms with Gasteiger partial charge >= 0.3 is 12.1 Å². The predicted molar refractivity (Wildman–Crippen MR) is 117 cm³/mol. The maximum Gasteiger partial charge on any atom is 0.416 e. The summed E-state index contributed by atoms with van der Waals surface area (Å²) >= 11 is 2.47. The van der Waals surface area contributed by atoms with Gasteiger partial charge in [0.2, 0.25) is 0 Å². The van der Waals surface area contributed by atoms with E-state index >= 15 is 0 Å². The zero-order chi connectivity index (χ0) is 22.9. The Morgan fingerprint density at radius 3 is 2.81 bits per heavy atom. The van der Waals surface area contributed by atoms with E-state index in [1.54, 1.807) is 23.9 Å². The maximum atomic E-state index is 13.2. The van der Waals surface area contributed by atoms with Gasteiger partial charge in [0.1, 0.15) is 0 Å². The number of ether oxygens (including phenoxy) is 1. The first-order valence-corrected chi connectivity index (χ1v) is 11.8. The first-order chi connectivity index (χ1) is 15.2. The van der Waals surface area contributed by atoms with Gasteiger partial charge in [0.25, 0.3) is 5.91 Å². The number of nitrogens with one attached hydrogen (secondary N) is 1. The van der Waals surface area contributed by atoms with Crippen molar-refractivity contribution in [2.75, 3.05) is 17.7 Å². The van der Waals surface area contributed by atoms with Crippen molar-refractivity contribution in [2.45, 2.75) is 36.7 Å². The van der Waals surface area contributed by atoms with Crippen LogP contribution in [0.3, 0.4) is 0 Å². The highest BCUT2D eigenvalue weighted by Gasteiger charge is 2.32. The van der Waals surface area contributed by atoms with Crippen LogP contribution in [0.1, 0.15) is 35.7 Å². The predicted octanol–water partition coefficient (Wildman–Crippen LogP) is 5.43. The molecule has 1 fully saturated rings. The number of anilines is 1. The van der Waals surface area contributed by atoms with E-state index in [4.69, 9.17) is 4.74 Å². The molecule has 1 aliphatic carbocycles. The standard InChI is InChI=1S/C21H20F3N3O3S2/c1-2-30-17(28)11-31-18-8-25-20(32-18)26-19(29)15-10-27(9-12-3-4-12)16-7-13(21(22,23)24)5-6-14(15)16/h5-8,10,12H,2-4,9,11H2,1H3,(H,25,26,29). The average Bonchev–Trinajstić information content (AvgIpc) is 3.32. The van der Waals surface area contributed by atoms with Crippen LogP contribution in [-0.2, 0) is 22.3 Å².